The summed E-state index contributed by atoms with van der Waals surface area (Å²) in [5, 5.41) is 5.36. The summed E-state index contributed by atoms with van der Waals surface area (Å²) in [6.07, 6.45) is 7.01. The molecule has 20 heavy (non-hydrogen) atoms. The topological polar surface area (TPSA) is 29.1 Å². The highest BCUT2D eigenvalue weighted by Crippen LogP contribution is 2.23. The fourth-order valence-corrected chi connectivity index (χ4v) is 2.22. The van der Waals surface area contributed by atoms with Crippen molar-refractivity contribution in [1.29, 1.82) is 0 Å². The van der Waals surface area contributed by atoms with E-state index >= 15 is 0 Å². The van der Waals surface area contributed by atoms with Gasteiger partial charge in [-0.1, -0.05) is 60.7 Å². The second kappa shape index (κ2) is 6.71. The summed E-state index contributed by atoms with van der Waals surface area (Å²) in [5.41, 5.74) is 1.14. The molecule has 0 spiro atoms. The van der Waals surface area contributed by atoms with E-state index in [-0.39, 0.29) is 11.9 Å². The lowest BCUT2D eigenvalue weighted by atomic mass is 10.00. The molecule has 2 nitrogen and oxygen atoms in total. The van der Waals surface area contributed by atoms with Crippen molar-refractivity contribution < 1.29 is 4.79 Å². The van der Waals surface area contributed by atoms with E-state index in [4.69, 9.17) is 0 Å². The Morgan fingerprint density at radius 3 is 2.65 bits per heavy atom. The fourth-order valence-electron chi connectivity index (χ4n) is 2.22. The van der Waals surface area contributed by atoms with Crippen LogP contribution < -0.4 is 5.32 Å². The Morgan fingerprint density at radius 2 is 1.85 bits per heavy atom. The van der Waals surface area contributed by atoms with Gasteiger partial charge in [0.15, 0.2) is 0 Å². The first-order valence-electron chi connectivity index (χ1n) is 6.80. The zero-order valence-corrected chi connectivity index (χ0v) is 11.8. The summed E-state index contributed by atoms with van der Waals surface area (Å²) in [6.45, 7) is 3.92. The van der Waals surface area contributed by atoms with Gasteiger partial charge in [-0.2, -0.15) is 0 Å². The summed E-state index contributed by atoms with van der Waals surface area (Å²) in [5.74, 6) is -0.0801. The highest BCUT2D eigenvalue weighted by atomic mass is 16.1. The molecule has 1 atom stereocenters. The van der Waals surface area contributed by atoms with Crippen molar-refractivity contribution in [3.63, 3.8) is 0 Å². The normalized spacial score (nSPS) is 13.1. The molecular weight excluding hydrogens is 246 g/mol. The number of benzene rings is 2. The Labute approximate surface area is 119 Å². The summed E-state index contributed by atoms with van der Waals surface area (Å²) in [6, 6.07) is 14.4. The Balaban J connectivity index is 2.19. The van der Waals surface area contributed by atoms with Crippen LogP contribution in [0, 0.1) is 0 Å². The zero-order valence-electron chi connectivity index (χ0n) is 11.8. The number of allylic oxidation sites excluding steroid dienone is 3. The van der Waals surface area contributed by atoms with Crippen molar-refractivity contribution in [3.05, 3.63) is 72.3 Å². The zero-order chi connectivity index (χ0) is 14.4. The third-order valence-electron chi connectivity index (χ3n) is 3.20. The summed E-state index contributed by atoms with van der Waals surface area (Å²) in [7, 11) is 0. The largest absolute Gasteiger partial charge is 0.346 e. The van der Waals surface area contributed by atoms with Gasteiger partial charge in [-0.05, 0) is 30.2 Å². The van der Waals surface area contributed by atoms with Gasteiger partial charge in [-0.15, -0.1) is 0 Å². The van der Waals surface area contributed by atoms with Crippen LogP contribution in [0.15, 0.2) is 66.8 Å². The molecule has 2 rings (SSSR count). The van der Waals surface area contributed by atoms with E-state index < -0.39 is 0 Å². The molecule has 0 aliphatic heterocycles. The Morgan fingerprint density at radius 1 is 1.10 bits per heavy atom. The van der Waals surface area contributed by atoms with E-state index in [0.29, 0.717) is 0 Å². The molecule has 0 radical (unpaired) electrons. The van der Waals surface area contributed by atoms with Crippen LogP contribution >= 0.6 is 0 Å². The molecule has 1 N–H and O–H groups in total. The van der Waals surface area contributed by atoms with Crippen LogP contribution in [0.1, 0.15) is 25.5 Å². The summed E-state index contributed by atoms with van der Waals surface area (Å²) < 4.78 is 0. The van der Waals surface area contributed by atoms with Gasteiger partial charge in [0.1, 0.15) is 0 Å². The Hall–Kier alpha value is -2.35. The van der Waals surface area contributed by atoms with Crippen molar-refractivity contribution in [2.45, 2.75) is 19.9 Å². The predicted octanol–water partition coefficient (Wildman–Crippen LogP) is 4.15. The average Bonchev–Trinajstić information content (AvgIpc) is 2.47. The first-order chi connectivity index (χ1) is 9.72. The molecule has 2 heteroatoms. The standard InChI is InChI=1S/C18H19NO/c1-3-4-5-13-18(20)19-14(2)16-12-8-10-15-9-6-7-11-17(15)16/h3-14H,1-2H3,(H,19,20)/b4-3+,13-5+. The van der Waals surface area contributed by atoms with E-state index in [1.165, 1.54) is 10.8 Å². The number of hydrogen-bond acceptors (Lipinski definition) is 1. The average molecular weight is 265 g/mol. The lowest BCUT2D eigenvalue weighted by Gasteiger charge is -2.15. The molecule has 2 aromatic rings. The van der Waals surface area contributed by atoms with Crippen LogP contribution in [0.25, 0.3) is 10.8 Å². The minimum Gasteiger partial charge on any atom is -0.346 e. The molecule has 0 saturated heterocycles. The lowest BCUT2D eigenvalue weighted by molar-refractivity contribution is -0.117. The van der Waals surface area contributed by atoms with Crippen LogP contribution in [0.5, 0.6) is 0 Å². The molecule has 0 fully saturated rings. The summed E-state index contributed by atoms with van der Waals surface area (Å²) in [4.78, 5) is 11.8. The van der Waals surface area contributed by atoms with Crippen LogP contribution in [0.3, 0.4) is 0 Å². The third-order valence-corrected chi connectivity index (χ3v) is 3.20. The van der Waals surface area contributed by atoms with Gasteiger partial charge in [0.05, 0.1) is 6.04 Å². The molecule has 102 valence electrons. The first kappa shape index (κ1) is 14.1. The van der Waals surface area contributed by atoms with Crippen LogP contribution in [0.2, 0.25) is 0 Å². The van der Waals surface area contributed by atoms with E-state index in [9.17, 15) is 4.79 Å². The maximum absolute atomic E-state index is 11.8. The van der Waals surface area contributed by atoms with Crippen LogP contribution in [-0.4, -0.2) is 5.91 Å². The van der Waals surface area contributed by atoms with Gasteiger partial charge in [0.2, 0.25) is 5.91 Å². The van der Waals surface area contributed by atoms with Gasteiger partial charge < -0.3 is 5.32 Å². The van der Waals surface area contributed by atoms with Crippen molar-refractivity contribution in [1.82, 2.24) is 5.32 Å². The molecule has 0 aliphatic carbocycles. The van der Waals surface area contributed by atoms with Crippen molar-refractivity contribution in [3.8, 4) is 0 Å². The molecule has 1 unspecified atom stereocenters. The second-order valence-electron chi connectivity index (χ2n) is 4.68. The highest BCUT2D eigenvalue weighted by molar-refractivity contribution is 5.90. The molecule has 2 aromatic carbocycles. The number of fused-ring (bicyclic) bond motifs is 1. The number of rotatable bonds is 4. The van der Waals surface area contributed by atoms with Gasteiger partial charge in [0.25, 0.3) is 0 Å². The Kier molecular flexibility index (Phi) is 4.72. The monoisotopic (exact) mass is 265 g/mol. The molecule has 0 aliphatic rings. The summed E-state index contributed by atoms with van der Waals surface area (Å²) >= 11 is 0. The van der Waals surface area contributed by atoms with Gasteiger partial charge in [-0.25, -0.2) is 0 Å². The number of hydrogen-bond donors (Lipinski definition) is 1. The molecule has 0 saturated carbocycles. The molecule has 0 heterocycles. The van der Waals surface area contributed by atoms with Crippen molar-refractivity contribution in [2.75, 3.05) is 0 Å². The predicted molar refractivity (Wildman–Crippen MR) is 84.5 cm³/mol. The van der Waals surface area contributed by atoms with E-state index in [2.05, 4.69) is 29.6 Å². The van der Waals surface area contributed by atoms with Gasteiger partial charge >= 0.3 is 0 Å². The van der Waals surface area contributed by atoms with Gasteiger partial charge in [-0.3, -0.25) is 4.79 Å². The highest BCUT2D eigenvalue weighted by Gasteiger charge is 2.10. The molecule has 1 amide bonds. The number of carbonyl (C=O) groups excluding carboxylic acids is 1. The number of carbonyl (C=O) groups is 1. The minimum absolute atomic E-state index is 0.0242. The quantitative estimate of drug-likeness (QED) is 0.653. The lowest BCUT2D eigenvalue weighted by Crippen LogP contribution is -2.24. The van der Waals surface area contributed by atoms with Crippen LogP contribution in [-0.2, 0) is 4.79 Å². The maximum Gasteiger partial charge on any atom is 0.244 e. The van der Waals surface area contributed by atoms with Crippen molar-refractivity contribution >= 4 is 16.7 Å². The van der Waals surface area contributed by atoms with E-state index in [1.54, 1.807) is 12.2 Å². The van der Waals surface area contributed by atoms with Crippen LogP contribution in [0.4, 0.5) is 0 Å². The van der Waals surface area contributed by atoms with E-state index in [1.807, 2.05) is 44.2 Å². The minimum atomic E-state index is -0.0801. The molecule has 0 bridgehead atoms. The molecular formula is C18H19NO. The second-order valence-corrected chi connectivity index (χ2v) is 4.68. The molecule has 0 aromatic heterocycles. The maximum atomic E-state index is 11.8. The van der Waals surface area contributed by atoms with E-state index in [0.717, 1.165) is 5.56 Å². The number of amides is 1. The SMILES string of the molecule is C/C=C/C=C/C(=O)NC(C)c1cccc2ccccc12. The van der Waals surface area contributed by atoms with Crippen molar-refractivity contribution in [2.24, 2.45) is 0 Å². The van der Waals surface area contributed by atoms with Gasteiger partial charge in [0, 0.05) is 6.08 Å². The fraction of sp³-hybridized carbons (Fsp3) is 0.167. The smallest absolute Gasteiger partial charge is 0.244 e. The number of nitrogens with one attached hydrogen (secondary N) is 1. The first-order valence-corrected chi connectivity index (χ1v) is 6.80. The third kappa shape index (κ3) is 3.35. The Bertz CT molecular complexity index is 650.